The van der Waals surface area contributed by atoms with E-state index in [0.29, 0.717) is 17.8 Å². The largest absolute Gasteiger partial charge is 0.494 e. The Morgan fingerprint density at radius 2 is 0.574 bits per heavy atom. The standard InChI is InChI=1S/C45H66N6O3/c1-4-7-10-13-16-19-34-52-40-28-22-37(23-29-40)46-43-49-44(47-38-24-30-41(31-25-38)53-35-20-17-14-11-8-5-2)51-45(50-43)48-39-26-32-42(33-27-39)54-36-21-18-15-12-9-6-3/h22-33H,4-21,34-36H2,1-3H3,(H3,46,47,48,49,50,51). The number of ether oxygens (including phenoxy) is 3. The number of nitrogens with one attached hydrogen (secondary N) is 3. The first kappa shape index (κ1) is 42.2. The molecule has 0 aliphatic rings. The maximum absolute atomic E-state index is 5.99. The summed E-state index contributed by atoms with van der Waals surface area (Å²) in [5.41, 5.74) is 2.55. The second-order valence-electron chi connectivity index (χ2n) is 14.1. The lowest BCUT2D eigenvalue weighted by molar-refractivity contribution is 0.304. The van der Waals surface area contributed by atoms with Gasteiger partial charge in [-0.2, -0.15) is 15.0 Å². The zero-order valence-electron chi connectivity index (χ0n) is 33.3. The fourth-order valence-corrected chi connectivity index (χ4v) is 6.05. The molecule has 4 aromatic rings. The van der Waals surface area contributed by atoms with Gasteiger partial charge in [-0.05, 0) is 92.1 Å². The first-order chi connectivity index (χ1) is 26.6. The molecule has 0 saturated heterocycles. The topological polar surface area (TPSA) is 102 Å². The van der Waals surface area contributed by atoms with Gasteiger partial charge in [0.25, 0.3) is 0 Å². The van der Waals surface area contributed by atoms with Gasteiger partial charge in [0.15, 0.2) is 0 Å². The van der Waals surface area contributed by atoms with Crippen LogP contribution in [0.4, 0.5) is 34.9 Å². The third-order valence-corrected chi connectivity index (χ3v) is 9.27. The minimum Gasteiger partial charge on any atom is -0.494 e. The Kier molecular flexibility index (Phi) is 20.5. The summed E-state index contributed by atoms with van der Waals surface area (Å²) in [7, 11) is 0. The quantitative estimate of drug-likeness (QED) is 0.0451. The molecular formula is C45H66N6O3. The SMILES string of the molecule is CCCCCCCCOc1ccc(Nc2nc(Nc3ccc(OCCCCCCCC)cc3)nc(Nc3ccc(OCCCCCCCC)cc3)n2)cc1. The van der Waals surface area contributed by atoms with E-state index in [-0.39, 0.29) is 0 Å². The highest BCUT2D eigenvalue weighted by Gasteiger charge is 2.10. The maximum Gasteiger partial charge on any atom is 0.233 e. The number of unbranched alkanes of at least 4 members (excludes halogenated alkanes) is 15. The van der Waals surface area contributed by atoms with Gasteiger partial charge in [0.2, 0.25) is 17.8 Å². The Hall–Kier alpha value is -4.53. The number of hydrogen-bond donors (Lipinski definition) is 3. The predicted molar refractivity (Wildman–Crippen MR) is 226 cm³/mol. The lowest BCUT2D eigenvalue weighted by Gasteiger charge is -2.13. The first-order valence-corrected chi connectivity index (χ1v) is 20.9. The van der Waals surface area contributed by atoms with Gasteiger partial charge in [0, 0.05) is 17.1 Å². The average molecular weight is 739 g/mol. The zero-order chi connectivity index (χ0) is 37.9. The molecule has 1 aromatic heterocycles. The molecule has 0 amide bonds. The smallest absolute Gasteiger partial charge is 0.233 e. The summed E-state index contributed by atoms with van der Waals surface area (Å²) in [6, 6.07) is 23.7. The molecule has 9 heteroatoms. The summed E-state index contributed by atoms with van der Waals surface area (Å²) in [6.07, 6.45) is 22.3. The third kappa shape index (κ3) is 17.5. The highest BCUT2D eigenvalue weighted by atomic mass is 16.5. The average Bonchev–Trinajstić information content (AvgIpc) is 3.19. The van der Waals surface area contributed by atoms with E-state index in [0.717, 1.165) is 73.4 Å². The van der Waals surface area contributed by atoms with Crippen molar-refractivity contribution in [2.45, 2.75) is 136 Å². The summed E-state index contributed by atoms with van der Waals surface area (Å²) >= 11 is 0. The van der Waals surface area contributed by atoms with Crippen LogP contribution >= 0.6 is 0 Å². The highest BCUT2D eigenvalue weighted by molar-refractivity contribution is 5.62. The molecular weight excluding hydrogens is 673 g/mol. The molecule has 0 radical (unpaired) electrons. The number of benzene rings is 3. The summed E-state index contributed by atoms with van der Waals surface area (Å²) in [5, 5.41) is 10.0. The van der Waals surface area contributed by atoms with Crippen LogP contribution in [0.3, 0.4) is 0 Å². The third-order valence-electron chi connectivity index (χ3n) is 9.27. The monoisotopic (exact) mass is 739 g/mol. The van der Waals surface area contributed by atoms with Crippen molar-refractivity contribution in [3.05, 3.63) is 72.8 Å². The molecule has 1 heterocycles. The van der Waals surface area contributed by atoms with Gasteiger partial charge >= 0.3 is 0 Å². The van der Waals surface area contributed by atoms with Crippen LogP contribution in [0.1, 0.15) is 136 Å². The molecule has 294 valence electrons. The fourth-order valence-electron chi connectivity index (χ4n) is 6.05. The van der Waals surface area contributed by atoms with Gasteiger partial charge in [-0.15, -0.1) is 0 Å². The second kappa shape index (κ2) is 26.3. The molecule has 0 atom stereocenters. The van der Waals surface area contributed by atoms with Crippen molar-refractivity contribution < 1.29 is 14.2 Å². The summed E-state index contributed by atoms with van der Waals surface area (Å²) in [4.78, 5) is 14.1. The Morgan fingerprint density at radius 1 is 0.333 bits per heavy atom. The zero-order valence-corrected chi connectivity index (χ0v) is 33.3. The molecule has 0 aliphatic carbocycles. The lowest BCUT2D eigenvalue weighted by atomic mass is 10.1. The number of rotatable bonds is 30. The van der Waals surface area contributed by atoms with E-state index < -0.39 is 0 Å². The summed E-state index contributed by atoms with van der Waals surface area (Å²) in [6.45, 7) is 8.93. The van der Waals surface area contributed by atoms with Gasteiger partial charge in [0.1, 0.15) is 17.2 Å². The van der Waals surface area contributed by atoms with Crippen LogP contribution < -0.4 is 30.2 Å². The van der Waals surface area contributed by atoms with E-state index >= 15 is 0 Å². The molecule has 0 spiro atoms. The molecule has 4 rings (SSSR count). The Bertz CT molecular complexity index is 1340. The van der Waals surface area contributed by atoms with Gasteiger partial charge in [-0.1, -0.05) is 117 Å². The normalized spacial score (nSPS) is 10.9. The van der Waals surface area contributed by atoms with E-state index in [1.165, 1.54) is 96.3 Å². The minimum absolute atomic E-state index is 0.411. The fraction of sp³-hybridized carbons (Fsp3) is 0.533. The molecule has 0 fully saturated rings. The number of nitrogens with zero attached hydrogens (tertiary/aromatic N) is 3. The van der Waals surface area contributed by atoms with E-state index in [9.17, 15) is 0 Å². The van der Waals surface area contributed by atoms with E-state index in [4.69, 9.17) is 29.2 Å². The van der Waals surface area contributed by atoms with Crippen LogP contribution in [0.15, 0.2) is 72.8 Å². The molecule has 0 unspecified atom stereocenters. The summed E-state index contributed by atoms with van der Waals surface area (Å²) in [5.74, 6) is 3.80. The van der Waals surface area contributed by atoms with Crippen molar-refractivity contribution in [1.82, 2.24) is 15.0 Å². The van der Waals surface area contributed by atoms with Crippen molar-refractivity contribution in [2.75, 3.05) is 35.8 Å². The van der Waals surface area contributed by atoms with Gasteiger partial charge in [-0.25, -0.2) is 0 Å². The van der Waals surface area contributed by atoms with Crippen molar-refractivity contribution >= 4 is 34.9 Å². The van der Waals surface area contributed by atoms with E-state index in [1.807, 2.05) is 72.8 Å². The van der Waals surface area contributed by atoms with E-state index in [1.54, 1.807) is 0 Å². The van der Waals surface area contributed by atoms with Crippen molar-refractivity contribution in [2.24, 2.45) is 0 Å². The van der Waals surface area contributed by atoms with Crippen molar-refractivity contribution in [3.8, 4) is 17.2 Å². The van der Waals surface area contributed by atoms with Gasteiger partial charge in [-0.3, -0.25) is 0 Å². The highest BCUT2D eigenvalue weighted by Crippen LogP contribution is 2.25. The van der Waals surface area contributed by atoms with Crippen molar-refractivity contribution in [3.63, 3.8) is 0 Å². The molecule has 0 bridgehead atoms. The predicted octanol–water partition coefficient (Wildman–Crippen LogP) is 13.3. The molecule has 54 heavy (non-hydrogen) atoms. The molecule has 3 aromatic carbocycles. The van der Waals surface area contributed by atoms with Gasteiger partial charge < -0.3 is 30.2 Å². The number of aromatic nitrogens is 3. The Balaban J connectivity index is 1.36. The Morgan fingerprint density at radius 3 is 0.833 bits per heavy atom. The minimum atomic E-state index is 0.411. The van der Waals surface area contributed by atoms with Crippen molar-refractivity contribution in [1.29, 1.82) is 0 Å². The van der Waals surface area contributed by atoms with Gasteiger partial charge in [0.05, 0.1) is 19.8 Å². The molecule has 9 nitrogen and oxygen atoms in total. The van der Waals surface area contributed by atoms with Crippen LogP contribution in [0.25, 0.3) is 0 Å². The first-order valence-electron chi connectivity index (χ1n) is 20.9. The van der Waals surface area contributed by atoms with E-state index in [2.05, 4.69) is 36.7 Å². The maximum atomic E-state index is 5.99. The van der Waals surface area contributed by atoms with Crippen LogP contribution in [-0.2, 0) is 0 Å². The number of anilines is 6. The molecule has 0 saturated carbocycles. The van der Waals surface area contributed by atoms with Crippen LogP contribution in [0, 0.1) is 0 Å². The number of hydrogen-bond acceptors (Lipinski definition) is 9. The van der Waals surface area contributed by atoms with Crippen LogP contribution in [0.2, 0.25) is 0 Å². The van der Waals surface area contributed by atoms with Crippen LogP contribution in [0.5, 0.6) is 17.2 Å². The second-order valence-corrected chi connectivity index (χ2v) is 14.1. The molecule has 0 aliphatic heterocycles. The summed E-state index contributed by atoms with van der Waals surface area (Å²) < 4.78 is 18.0. The lowest BCUT2D eigenvalue weighted by Crippen LogP contribution is -2.07. The Labute approximate surface area is 325 Å². The van der Waals surface area contributed by atoms with Crippen LogP contribution in [-0.4, -0.2) is 34.8 Å². The molecule has 3 N–H and O–H groups in total.